The smallest absolute Gasteiger partial charge is 0.263 e. The van der Waals surface area contributed by atoms with Gasteiger partial charge in [0.15, 0.2) is 0 Å². The van der Waals surface area contributed by atoms with Gasteiger partial charge in [-0.25, -0.2) is 0 Å². The van der Waals surface area contributed by atoms with Crippen molar-refractivity contribution in [3.8, 4) is 11.3 Å². The van der Waals surface area contributed by atoms with Crippen molar-refractivity contribution in [3.63, 3.8) is 0 Å². The van der Waals surface area contributed by atoms with Gasteiger partial charge in [0, 0.05) is 25.2 Å². The Labute approximate surface area is 127 Å². The molecule has 1 aliphatic heterocycles. The molecule has 1 aromatic heterocycles. The van der Waals surface area contributed by atoms with Crippen LogP contribution in [0.2, 0.25) is 0 Å². The first-order valence-corrected chi connectivity index (χ1v) is 7.73. The van der Waals surface area contributed by atoms with Crippen LogP contribution in [0.4, 0.5) is 0 Å². The Morgan fingerprint density at radius 1 is 1.43 bits per heavy atom. The number of rotatable bonds is 4. The molecule has 2 aromatic rings. The van der Waals surface area contributed by atoms with Crippen LogP contribution < -0.4 is 10.6 Å². The summed E-state index contributed by atoms with van der Waals surface area (Å²) in [7, 11) is 0. The molecule has 1 amide bonds. The lowest BCUT2D eigenvalue weighted by Crippen LogP contribution is -2.45. The first-order valence-electron chi connectivity index (χ1n) is 6.95. The summed E-state index contributed by atoms with van der Waals surface area (Å²) in [4.78, 5) is 12.7. The third-order valence-electron chi connectivity index (χ3n) is 3.30. The summed E-state index contributed by atoms with van der Waals surface area (Å²) in [5.74, 6) is -0.0937. The Hall–Kier alpha value is -1.76. The zero-order valence-corrected chi connectivity index (χ0v) is 12.4. The molecule has 6 heteroatoms. The molecule has 1 saturated heterocycles. The molecule has 0 radical (unpaired) electrons. The number of morpholine rings is 1. The van der Waals surface area contributed by atoms with Gasteiger partial charge in [0.2, 0.25) is 0 Å². The average Bonchev–Trinajstić information content (AvgIpc) is 3.04. The van der Waals surface area contributed by atoms with E-state index in [1.165, 1.54) is 11.5 Å². The SMILES string of the molecule is O=C(NCC1CNCCO1)c1cc(-c2ccccc2)ns1. The summed E-state index contributed by atoms with van der Waals surface area (Å²) < 4.78 is 9.89. The lowest BCUT2D eigenvalue weighted by Gasteiger charge is -2.23. The Morgan fingerprint density at radius 3 is 3.05 bits per heavy atom. The second-order valence-corrected chi connectivity index (χ2v) is 5.65. The largest absolute Gasteiger partial charge is 0.374 e. The van der Waals surface area contributed by atoms with Gasteiger partial charge < -0.3 is 15.4 Å². The Bertz CT molecular complexity index is 594. The van der Waals surface area contributed by atoms with Crippen molar-refractivity contribution in [2.45, 2.75) is 6.10 Å². The van der Waals surface area contributed by atoms with Crippen LogP contribution in [-0.2, 0) is 4.74 Å². The number of nitrogens with zero attached hydrogens (tertiary/aromatic N) is 1. The number of ether oxygens (including phenoxy) is 1. The minimum atomic E-state index is -0.0937. The van der Waals surface area contributed by atoms with Crippen LogP contribution in [0.1, 0.15) is 9.67 Å². The monoisotopic (exact) mass is 303 g/mol. The van der Waals surface area contributed by atoms with Crippen molar-refractivity contribution in [3.05, 3.63) is 41.3 Å². The van der Waals surface area contributed by atoms with Crippen molar-refractivity contribution in [1.82, 2.24) is 15.0 Å². The van der Waals surface area contributed by atoms with Crippen LogP contribution in [-0.4, -0.2) is 42.6 Å². The Morgan fingerprint density at radius 2 is 2.29 bits per heavy atom. The van der Waals surface area contributed by atoms with E-state index in [0.717, 1.165) is 24.3 Å². The normalized spacial score (nSPS) is 18.4. The number of benzene rings is 1. The number of amides is 1. The van der Waals surface area contributed by atoms with Gasteiger partial charge in [-0.2, -0.15) is 4.37 Å². The molecule has 21 heavy (non-hydrogen) atoms. The van der Waals surface area contributed by atoms with Crippen molar-refractivity contribution >= 4 is 17.4 Å². The number of aromatic nitrogens is 1. The fourth-order valence-corrected chi connectivity index (χ4v) is 2.85. The summed E-state index contributed by atoms with van der Waals surface area (Å²) in [5.41, 5.74) is 1.86. The van der Waals surface area contributed by atoms with Gasteiger partial charge in [-0.3, -0.25) is 4.79 Å². The molecule has 3 rings (SSSR count). The molecule has 1 aliphatic rings. The molecule has 5 nitrogen and oxygen atoms in total. The van der Waals surface area contributed by atoms with Gasteiger partial charge in [-0.1, -0.05) is 30.3 Å². The van der Waals surface area contributed by atoms with E-state index >= 15 is 0 Å². The third-order valence-corrected chi connectivity index (χ3v) is 4.09. The molecular weight excluding hydrogens is 286 g/mol. The zero-order valence-electron chi connectivity index (χ0n) is 11.5. The van der Waals surface area contributed by atoms with E-state index in [4.69, 9.17) is 4.74 Å². The summed E-state index contributed by atoms with van der Waals surface area (Å²) in [6.07, 6.45) is 0.0456. The van der Waals surface area contributed by atoms with Crippen molar-refractivity contribution in [1.29, 1.82) is 0 Å². The standard InChI is InChI=1S/C15H17N3O2S/c19-15(17-10-12-9-16-6-7-20-12)14-8-13(18-21-14)11-4-2-1-3-5-11/h1-5,8,12,16H,6-7,9-10H2,(H,17,19). The highest BCUT2D eigenvalue weighted by Crippen LogP contribution is 2.21. The average molecular weight is 303 g/mol. The first kappa shape index (κ1) is 14.2. The summed E-state index contributed by atoms with van der Waals surface area (Å²) in [5, 5.41) is 6.14. The van der Waals surface area contributed by atoms with E-state index in [1.807, 2.05) is 36.4 Å². The molecule has 1 aromatic carbocycles. The van der Waals surface area contributed by atoms with E-state index < -0.39 is 0 Å². The lowest BCUT2D eigenvalue weighted by molar-refractivity contribution is 0.0287. The van der Waals surface area contributed by atoms with Crippen LogP contribution in [0, 0.1) is 0 Å². The van der Waals surface area contributed by atoms with E-state index in [1.54, 1.807) is 0 Å². The molecule has 2 heterocycles. The van der Waals surface area contributed by atoms with E-state index in [0.29, 0.717) is 18.0 Å². The number of hydrogen-bond donors (Lipinski definition) is 2. The van der Waals surface area contributed by atoms with E-state index in [-0.39, 0.29) is 12.0 Å². The van der Waals surface area contributed by atoms with Crippen molar-refractivity contribution < 1.29 is 9.53 Å². The predicted octanol–water partition coefficient (Wildman–Crippen LogP) is 1.53. The maximum atomic E-state index is 12.1. The van der Waals surface area contributed by atoms with E-state index in [9.17, 15) is 4.79 Å². The maximum absolute atomic E-state index is 12.1. The highest BCUT2D eigenvalue weighted by atomic mass is 32.1. The van der Waals surface area contributed by atoms with E-state index in [2.05, 4.69) is 15.0 Å². The highest BCUT2D eigenvalue weighted by Gasteiger charge is 2.16. The topological polar surface area (TPSA) is 63.2 Å². The number of hydrogen-bond acceptors (Lipinski definition) is 5. The zero-order chi connectivity index (χ0) is 14.5. The van der Waals surface area contributed by atoms with Crippen LogP contribution in [0.3, 0.4) is 0 Å². The van der Waals surface area contributed by atoms with Gasteiger partial charge >= 0.3 is 0 Å². The minimum Gasteiger partial charge on any atom is -0.374 e. The van der Waals surface area contributed by atoms with Crippen LogP contribution in [0.5, 0.6) is 0 Å². The Balaban J connectivity index is 1.59. The molecule has 0 saturated carbocycles. The van der Waals surface area contributed by atoms with Crippen LogP contribution >= 0.6 is 11.5 Å². The summed E-state index contributed by atoms with van der Waals surface area (Å²) >= 11 is 1.22. The van der Waals surface area contributed by atoms with Gasteiger partial charge in [0.25, 0.3) is 5.91 Å². The molecule has 1 unspecified atom stereocenters. The molecule has 1 fully saturated rings. The third kappa shape index (κ3) is 3.66. The number of carbonyl (C=O) groups excluding carboxylic acids is 1. The number of carbonyl (C=O) groups is 1. The fraction of sp³-hybridized carbons (Fsp3) is 0.333. The molecule has 0 spiro atoms. The predicted molar refractivity (Wildman–Crippen MR) is 82.5 cm³/mol. The maximum Gasteiger partial charge on any atom is 0.263 e. The molecule has 0 aliphatic carbocycles. The summed E-state index contributed by atoms with van der Waals surface area (Å²) in [6, 6.07) is 11.7. The quantitative estimate of drug-likeness (QED) is 0.899. The second-order valence-electron chi connectivity index (χ2n) is 4.85. The first-order chi connectivity index (χ1) is 10.3. The van der Waals surface area contributed by atoms with Gasteiger partial charge in [0.1, 0.15) is 4.88 Å². The fourth-order valence-electron chi connectivity index (χ4n) is 2.17. The molecule has 2 N–H and O–H groups in total. The molecule has 1 atom stereocenters. The van der Waals surface area contributed by atoms with Gasteiger partial charge in [0.05, 0.1) is 18.4 Å². The molecule has 110 valence electrons. The summed E-state index contributed by atoms with van der Waals surface area (Å²) in [6.45, 7) is 2.86. The number of nitrogens with one attached hydrogen (secondary N) is 2. The molecular formula is C15H17N3O2S. The van der Waals surface area contributed by atoms with Crippen molar-refractivity contribution in [2.24, 2.45) is 0 Å². The second kappa shape index (κ2) is 6.80. The minimum absolute atomic E-state index is 0.0456. The van der Waals surface area contributed by atoms with Crippen LogP contribution in [0.25, 0.3) is 11.3 Å². The lowest BCUT2D eigenvalue weighted by atomic mass is 10.1. The highest BCUT2D eigenvalue weighted by molar-refractivity contribution is 7.08. The Kier molecular flexibility index (Phi) is 4.59. The van der Waals surface area contributed by atoms with Gasteiger partial charge in [-0.05, 0) is 17.6 Å². The van der Waals surface area contributed by atoms with Gasteiger partial charge in [-0.15, -0.1) is 0 Å². The van der Waals surface area contributed by atoms with Crippen molar-refractivity contribution in [2.75, 3.05) is 26.2 Å². The van der Waals surface area contributed by atoms with Crippen LogP contribution in [0.15, 0.2) is 36.4 Å². The molecule has 0 bridgehead atoms.